The maximum absolute atomic E-state index is 12.4. The number of carboxylic acids is 2. The Kier molecular flexibility index (Phi) is 7.78. The van der Waals surface area contributed by atoms with Crippen LogP contribution in [0, 0.1) is 0 Å². The van der Waals surface area contributed by atoms with Crippen LogP contribution in [0.15, 0.2) is 54.6 Å². The third-order valence-electron chi connectivity index (χ3n) is 5.63. The van der Waals surface area contributed by atoms with Crippen molar-refractivity contribution in [2.45, 2.75) is 50.7 Å². The molecule has 2 atom stereocenters. The second-order valence-electron chi connectivity index (χ2n) is 7.85. The van der Waals surface area contributed by atoms with Crippen LogP contribution in [0.2, 0.25) is 0 Å². The van der Waals surface area contributed by atoms with Crippen molar-refractivity contribution in [2.24, 2.45) is 0 Å². The number of amides is 1. The molecule has 7 nitrogen and oxygen atoms in total. The van der Waals surface area contributed by atoms with Crippen molar-refractivity contribution in [3.05, 3.63) is 71.3 Å². The molecule has 2 aromatic rings. The highest BCUT2D eigenvalue weighted by atomic mass is 16.4. The molecular weight excluding hydrogens is 396 g/mol. The molecule has 7 heteroatoms. The highest BCUT2D eigenvalue weighted by Crippen LogP contribution is 2.22. The van der Waals surface area contributed by atoms with Gasteiger partial charge in [-0.3, -0.25) is 19.7 Å². The fourth-order valence-electron chi connectivity index (χ4n) is 3.90. The number of fused-ring (bicyclic) bond motifs is 1. The summed E-state index contributed by atoms with van der Waals surface area (Å²) in [6, 6.07) is 15.2. The summed E-state index contributed by atoms with van der Waals surface area (Å²) >= 11 is 0. The van der Waals surface area contributed by atoms with E-state index >= 15 is 0 Å². The summed E-state index contributed by atoms with van der Waals surface area (Å²) in [5.41, 5.74) is 2.76. The van der Waals surface area contributed by atoms with E-state index in [9.17, 15) is 24.6 Å². The second kappa shape index (κ2) is 10.7. The number of unbranched alkanes of at least 4 members (excludes halogenated alkanes) is 1. The number of carbonyl (C=O) groups excluding carboxylic acids is 1. The van der Waals surface area contributed by atoms with Gasteiger partial charge in [0.1, 0.15) is 12.1 Å². The Labute approximate surface area is 181 Å². The number of carboxylic acid groups (broad SMARTS) is 2. The highest BCUT2D eigenvalue weighted by Gasteiger charge is 2.27. The number of nitrogens with zero attached hydrogens (tertiary/aromatic N) is 1. The van der Waals surface area contributed by atoms with E-state index in [1.807, 2.05) is 54.6 Å². The van der Waals surface area contributed by atoms with E-state index < -0.39 is 24.0 Å². The minimum atomic E-state index is -1.06. The molecule has 0 radical (unpaired) electrons. The summed E-state index contributed by atoms with van der Waals surface area (Å²) in [7, 11) is 0. The first-order chi connectivity index (χ1) is 15.0. The molecule has 31 heavy (non-hydrogen) atoms. The summed E-state index contributed by atoms with van der Waals surface area (Å²) in [5, 5.41) is 21.8. The van der Waals surface area contributed by atoms with Gasteiger partial charge in [0.2, 0.25) is 0 Å². The first-order valence-corrected chi connectivity index (χ1v) is 10.6. The third-order valence-corrected chi connectivity index (χ3v) is 5.63. The van der Waals surface area contributed by atoms with Gasteiger partial charge in [-0.2, -0.15) is 0 Å². The van der Waals surface area contributed by atoms with Crippen molar-refractivity contribution in [1.82, 2.24) is 10.2 Å². The second-order valence-corrected chi connectivity index (χ2v) is 7.85. The minimum Gasteiger partial charge on any atom is -0.480 e. The van der Waals surface area contributed by atoms with Gasteiger partial charge in [0.25, 0.3) is 5.91 Å². The predicted octanol–water partition coefficient (Wildman–Crippen LogP) is 2.94. The quantitative estimate of drug-likeness (QED) is 0.452. The Morgan fingerprint density at radius 2 is 1.55 bits per heavy atom. The molecular formula is C24H28N2O5. The zero-order valence-corrected chi connectivity index (χ0v) is 17.4. The molecule has 3 N–H and O–H groups in total. The van der Waals surface area contributed by atoms with Gasteiger partial charge in [-0.15, -0.1) is 0 Å². The molecule has 164 valence electrons. The fourth-order valence-corrected chi connectivity index (χ4v) is 3.90. The summed E-state index contributed by atoms with van der Waals surface area (Å²) in [6.45, 7) is 1.13. The van der Waals surface area contributed by atoms with Crippen LogP contribution >= 0.6 is 0 Å². The SMILES string of the molecule is O=C(O)[C@H](CCc1ccccc1)N[C@H](CCCCN1Cc2ccccc2C1=O)C(=O)O. The number of rotatable bonds is 12. The molecule has 1 aliphatic heterocycles. The maximum Gasteiger partial charge on any atom is 0.320 e. The lowest BCUT2D eigenvalue weighted by Crippen LogP contribution is -2.47. The summed E-state index contributed by atoms with van der Waals surface area (Å²) < 4.78 is 0. The number of hydrogen-bond acceptors (Lipinski definition) is 4. The Balaban J connectivity index is 1.46. The molecule has 2 aromatic carbocycles. The van der Waals surface area contributed by atoms with Gasteiger partial charge in [0.05, 0.1) is 0 Å². The standard InChI is InChI=1S/C24H28N2O5/c27-22-19-11-5-4-10-18(19)16-26(22)15-7-6-12-20(23(28)29)25-21(24(30)31)14-13-17-8-2-1-3-9-17/h1-5,8-11,20-21,25H,6-7,12-16H2,(H,28,29)(H,30,31)/t20-,21+/m1/s1. The van der Waals surface area contributed by atoms with E-state index in [-0.39, 0.29) is 5.91 Å². The van der Waals surface area contributed by atoms with Gasteiger partial charge in [-0.1, -0.05) is 48.5 Å². The summed E-state index contributed by atoms with van der Waals surface area (Å²) in [4.78, 5) is 37.5. The largest absolute Gasteiger partial charge is 0.480 e. The molecule has 0 aromatic heterocycles. The molecule has 0 fully saturated rings. The molecule has 3 rings (SSSR count). The highest BCUT2D eigenvalue weighted by molar-refractivity contribution is 5.98. The van der Waals surface area contributed by atoms with Gasteiger partial charge < -0.3 is 15.1 Å². The van der Waals surface area contributed by atoms with Gasteiger partial charge >= 0.3 is 11.9 Å². The molecule has 0 spiro atoms. The average molecular weight is 424 g/mol. The van der Waals surface area contributed by atoms with Crippen molar-refractivity contribution in [3.8, 4) is 0 Å². The van der Waals surface area contributed by atoms with Crippen molar-refractivity contribution >= 4 is 17.8 Å². The van der Waals surface area contributed by atoms with Crippen LogP contribution in [0.3, 0.4) is 0 Å². The van der Waals surface area contributed by atoms with Crippen molar-refractivity contribution < 1.29 is 24.6 Å². The van der Waals surface area contributed by atoms with Crippen LogP contribution in [0.5, 0.6) is 0 Å². The van der Waals surface area contributed by atoms with Crippen molar-refractivity contribution in [1.29, 1.82) is 0 Å². The molecule has 0 bridgehead atoms. The third kappa shape index (κ3) is 6.15. The number of aryl methyl sites for hydroxylation is 1. The molecule has 0 unspecified atom stereocenters. The Bertz CT molecular complexity index is 915. The smallest absolute Gasteiger partial charge is 0.320 e. The van der Waals surface area contributed by atoms with Gasteiger partial charge in [-0.25, -0.2) is 0 Å². The zero-order valence-electron chi connectivity index (χ0n) is 17.4. The molecule has 1 heterocycles. The van der Waals surface area contributed by atoms with E-state index in [1.54, 1.807) is 4.90 Å². The lowest BCUT2D eigenvalue weighted by molar-refractivity contribution is -0.142. The minimum absolute atomic E-state index is 0.00960. The van der Waals surface area contributed by atoms with E-state index in [0.29, 0.717) is 45.2 Å². The van der Waals surface area contributed by atoms with E-state index in [1.165, 1.54) is 0 Å². The monoisotopic (exact) mass is 424 g/mol. The molecule has 0 aliphatic carbocycles. The number of hydrogen-bond donors (Lipinski definition) is 3. The lowest BCUT2D eigenvalue weighted by Gasteiger charge is -2.21. The van der Waals surface area contributed by atoms with Crippen LogP contribution in [0.4, 0.5) is 0 Å². The zero-order chi connectivity index (χ0) is 22.2. The number of aliphatic carboxylic acids is 2. The van der Waals surface area contributed by atoms with Gasteiger partial charge in [0, 0.05) is 18.7 Å². The lowest BCUT2D eigenvalue weighted by atomic mass is 10.0. The van der Waals surface area contributed by atoms with Gasteiger partial charge in [0.15, 0.2) is 0 Å². The van der Waals surface area contributed by atoms with Crippen LogP contribution < -0.4 is 5.32 Å². The Morgan fingerprint density at radius 3 is 2.23 bits per heavy atom. The number of carbonyl (C=O) groups is 3. The summed E-state index contributed by atoms with van der Waals surface area (Å²) in [6.07, 6.45) is 2.40. The first kappa shape index (κ1) is 22.5. The van der Waals surface area contributed by atoms with Crippen LogP contribution in [0.25, 0.3) is 0 Å². The van der Waals surface area contributed by atoms with Crippen LogP contribution in [-0.4, -0.2) is 51.6 Å². The summed E-state index contributed by atoms with van der Waals surface area (Å²) in [5.74, 6) is -2.10. The molecule has 1 aliphatic rings. The fraction of sp³-hybridized carbons (Fsp3) is 0.375. The van der Waals surface area contributed by atoms with E-state index in [0.717, 1.165) is 16.7 Å². The number of benzene rings is 2. The normalized spacial score (nSPS) is 14.8. The molecule has 0 saturated carbocycles. The number of nitrogens with one attached hydrogen (secondary N) is 1. The van der Waals surface area contributed by atoms with E-state index in [4.69, 9.17) is 0 Å². The van der Waals surface area contributed by atoms with Crippen molar-refractivity contribution in [3.63, 3.8) is 0 Å². The van der Waals surface area contributed by atoms with Crippen molar-refractivity contribution in [2.75, 3.05) is 6.54 Å². The topological polar surface area (TPSA) is 107 Å². The molecule has 1 amide bonds. The first-order valence-electron chi connectivity index (χ1n) is 10.6. The van der Waals surface area contributed by atoms with Crippen LogP contribution in [0.1, 0.15) is 47.2 Å². The Morgan fingerprint density at radius 1 is 0.903 bits per heavy atom. The van der Waals surface area contributed by atoms with Gasteiger partial charge in [-0.05, 0) is 49.3 Å². The molecule has 0 saturated heterocycles. The van der Waals surface area contributed by atoms with Crippen LogP contribution in [-0.2, 0) is 22.6 Å². The predicted molar refractivity (Wildman–Crippen MR) is 116 cm³/mol. The maximum atomic E-state index is 12.4. The Hall–Kier alpha value is -3.19. The van der Waals surface area contributed by atoms with E-state index in [2.05, 4.69) is 5.32 Å². The average Bonchev–Trinajstić information content (AvgIpc) is 3.08.